The van der Waals surface area contributed by atoms with Crippen molar-refractivity contribution in [2.45, 2.75) is 4.90 Å². The molecule has 0 radical (unpaired) electrons. The first kappa shape index (κ1) is 13.9. The van der Waals surface area contributed by atoms with E-state index in [-0.39, 0.29) is 11.6 Å². The summed E-state index contributed by atoms with van der Waals surface area (Å²) in [6, 6.07) is 11.2. The Morgan fingerprint density at radius 3 is 2.74 bits per heavy atom. The van der Waals surface area contributed by atoms with Gasteiger partial charge in [0.1, 0.15) is 5.82 Å². The average Bonchev–Trinajstić information content (AvgIpc) is 2.42. The van der Waals surface area contributed by atoms with Crippen LogP contribution in [0.4, 0.5) is 10.1 Å². The van der Waals surface area contributed by atoms with Crippen LogP contribution < -0.4 is 5.32 Å². The molecule has 2 aromatic rings. The van der Waals surface area contributed by atoms with Crippen molar-refractivity contribution in [2.24, 2.45) is 0 Å². The lowest BCUT2D eigenvalue weighted by Gasteiger charge is -2.09. The van der Waals surface area contributed by atoms with Gasteiger partial charge in [0.15, 0.2) is 0 Å². The molecule has 5 heteroatoms. The Bertz CT molecular complexity index is 618. The number of hydrogen-bond acceptors (Lipinski definition) is 2. The van der Waals surface area contributed by atoms with Crippen molar-refractivity contribution in [1.29, 1.82) is 0 Å². The van der Waals surface area contributed by atoms with Crippen molar-refractivity contribution in [2.75, 3.05) is 11.6 Å². The summed E-state index contributed by atoms with van der Waals surface area (Å²) in [4.78, 5) is 13.0. The molecular formula is C14H11ClFNOS. The summed E-state index contributed by atoms with van der Waals surface area (Å²) in [6.45, 7) is 0. The van der Waals surface area contributed by atoms with Crippen LogP contribution in [0.5, 0.6) is 0 Å². The number of carbonyl (C=O) groups excluding carboxylic acids is 1. The maximum atomic E-state index is 13.5. The summed E-state index contributed by atoms with van der Waals surface area (Å²) in [7, 11) is 0. The van der Waals surface area contributed by atoms with Crippen molar-refractivity contribution in [1.82, 2.24) is 0 Å². The second kappa shape index (κ2) is 6.08. The zero-order valence-corrected chi connectivity index (χ0v) is 11.7. The zero-order valence-electron chi connectivity index (χ0n) is 10.1. The lowest BCUT2D eigenvalue weighted by Crippen LogP contribution is -2.13. The van der Waals surface area contributed by atoms with E-state index >= 15 is 0 Å². The minimum Gasteiger partial charge on any atom is -0.319 e. The zero-order chi connectivity index (χ0) is 13.8. The predicted octanol–water partition coefficient (Wildman–Crippen LogP) is 4.45. The molecule has 2 aromatic carbocycles. The van der Waals surface area contributed by atoms with Gasteiger partial charge in [0, 0.05) is 9.92 Å². The van der Waals surface area contributed by atoms with E-state index in [0.717, 1.165) is 4.90 Å². The van der Waals surface area contributed by atoms with Crippen LogP contribution in [-0.4, -0.2) is 12.2 Å². The number of nitrogens with one attached hydrogen (secondary N) is 1. The van der Waals surface area contributed by atoms with Crippen LogP contribution in [0, 0.1) is 5.82 Å². The van der Waals surface area contributed by atoms with E-state index in [2.05, 4.69) is 5.32 Å². The smallest absolute Gasteiger partial charge is 0.256 e. The van der Waals surface area contributed by atoms with Crippen LogP contribution in [0.1, 0.15) is 10.4 Å². The molecule has 2 nitrogen and oxygen atoms in total. The van der Waals surface area contributed by atoms with Gasteiger partial charge < -0.3 is 5.32 Å². The molecule has 0 aliphatic heterocycles. The van der Waals surface area contributed by atoms with Crippen LogP contribution in [0.25, 0.3) is 0 Å². The highest BCUT2D eigenvalue weighted by Gasteiger charge is 2.12. The summed E-state index contributed by atoms with van der Waals surface area (Å²) in [5, 5.41) is 2.90. The van der Waals surface area contributed by atoms with E-state index in [0.29, 0.717) is 10.6 Å². The quantitative estimate of drug-likeness (QED) is 0.847. The Balaban J connectivity index is 2.28. The van der Waals surface area contributed by atoms with Gasteiger partial charge in [0.05, 0.1) is 11.3 Å². The lowest BCUT2D eigenvalue weighted by molar-refractivity contribution is 0.102. The molecule has 1 amide bonds. The van der Waals surface area contributed by atoms with Crippen molar-refractivity contribution in [3.05, 3.63) is 58.9 Å². The van der Waals surface area contributed by atoms with E-state index in [9.17, 15) is 9.18 Å². The van der Waals surface area contributed by atoms with E-state index in [1.807, 2.05) is 18.4 Å². The summed E-state index contributed by atoms with van der Waals surface area (Å²) < 4.78 is 13.5. The Hall–Kier alpha value is -1.52. The van der Waals surface area contributed by atoms with Crippen LogP contribution in [0.15, 0.2) is 47.4 Å². The summed E-state index contributed by atoms with van der Waals surface area (Å²) >= 11 is 7.24. The van der Waals surface area contributed by atoms with Gasteiger partial charge in [-0.25, -0.2) is 4.39 Å². The Labute approximate surface area is 120 Å². The maximum Gasteiger partial charge on any atom is 0.256 e. The highest BCUT2D eigenvalue weighted by atomic mass is 35.5. The van der Waals surface area contributed by atoms with Crippen LogP contribution >= 0.6 is 23.4 Å². The van der Waals surface area contributed by atoms with Crippen LogP contribution in [0.3, 0.4) is 0 Å². The van der Waals surface area contributed by atoms with Gasteiger partial charge in [-0.1, -0.05) is 23.7 Å². The fourth-order valence-corrected chi connectivity index (χ4v) is 2.38. The summed E-state index contributed by atoms with van der Waals surface area (Å²) in [6.07, 6.45) is 1.88. The van der Waals surface area contributed by atoms with Gasteiger partial charge in [0.2, 0.25) is 0 Å². The van der Waals surface area contributed by atoms with Crippen LogP contribution in [0.2, 0.25) is 5.02 Å². The molecule has 0 aliphatic rings. The number of amides is 1. The number of rotatable bonds is 3. The molecule has 0 saturated carbocycles. The fourth-order valence-electron chi connectivity index (χ4n) is 1.62. The summed E-state index contributed by atoms with van der Waals surface area (Å²) in [5.74, 6) is -0.870. The minimum absolute atomic E-state index is 0.0772. The fraction of sp³-hybridized carbons (Fsp3) is 0.0714. The highest BCUT2D eigenvalue weighted by Crippen LogP contribution is 2.23. The molecule has 19 heavy (non-hydrogen) atoms. The largest absolute Gasteiger partial charge is 0.319 e. The third kappa shape index (κ3) is 3.28. The highest BCUT2D eigenvalue weighted by molar-refractivity contribution is 7.98. The second-order valence-corrected chi connectivity index (χ2v) is 5.06. The number of benzene rings is 2. The van der Waals surface area contributed by atoms with Gasteiger partial charge in [-0.2, -0.15) is 0 Å². The molecule has 0 spiro atoms. The third-order valence-corrected chi connectivity index (χ3v) is 3.56. The molecule has 0 bridgehead atoms. The average molecular weight is 296 g/mol. The Morgan fingerprint density at radius 2 is 2.00 bits per heavy atom. The van der Waals surface area contributed by atoms with E-state index in [1.54, 1.807) is 12.1 Å². The topological polar surface area (TPSA) is 29.1 Å². The van der Waals surface area contributed by atoms with Crippen molar-refractivity contribution in [3.8, 4) is 0 Å². The van der Waals surface area contributed by atoms with Gasteiger partial charge in [0.25, 0.3) is 5.91 Å². The number of hydrogen-bond donors (Lipinski definition) is 1. The van der Waals surface area contributed by atoms with Crippen molar-refractivity contribution < 1.29 is 9.18 Å². The standard InChI is InChI=1S/C14H11ClFNOS/c1-19-13-5-3-2-4-10(13)14(18)17-12-8-9(15)6-7-11(12)16/h2-8H,1H3,(H,17,18). The lowest BCUT2D eigenvalue weighted by atomic mass is 10.2. The van der Waals surface area contributed by atoms with Gasteiger partial charge in [-0.15, -0.1) is 11.8 Å². The van der Waals surface area contributed by atoms with Gasteiger partial charge in [-0.3, -0.25) is 4.79 Å². The number of thioether (sulfide) groups is 1. The van der Waals surface area contributed by atoms with Crippen molar-refractivity contribution >= 4 is 35.0 Å². The van der Waals surface area contributed by atoms with E-state index in [4.69, 9.17) is 11.6 Å². The summed E-state index contributed by atoms with van der Waals surface area (Å²) in [5.41, 5.74) is 0.586. The molecule has 0 heterocycles. The Morgan fingerprint density at radius 1 is 1.26 bits per heavy atom. The first-order chi connectivity index (χ1) is 9.11. The maximum absolute atomic E-state index is 13.5. The second-order valence-electron chi connectivity index (χ2n) is 3.78. The molecule has 2 rings (SSSR count). The minimum atomic E-state index is -0.514. The van der Waals surface area contributed by atoms with Gasteiger partial charge >= 0.3 is 0 Å². The first-order valence-corrected chi connectivity index (χ1v) is 7.11. The molecule has 0 atom stereocenters. The molecule has 0 aromatic heterocycles. The normalized spacial score (nSPS) is 10.3. The van der Waals surface area contributed by atoms with Crippen LogP contribution in [-0.2, 0) is 0 Å². The molecule has 0 saturated heterocycles. The monoisotopic (exact) mass is 295 g/mol. The first-order valence-electron chi connectivity index (χ1n) is 5.51. The SMILES string of the molecule is CSc1ccccc1C(=O)Nc1cc(Cl)ccc1F. The molecule has 0 unspecified atom stereocenters. The predicted molar refractivity (Wildman–Crippen MR) is 77.6 cm³/mol. The molecule has 0 aliphatic carbocycles. The Kier molecular flexibility index (Phi) is 4.45. The molecular weight excluding hydrogens is 285 g/mol. The molecule has 0 fully saturated rings. The number of carbonyl (C=O) groups is 1. The van der Waals surface area contributed by atoms with Gasteiger partial charge in [-0.05, 0) is 36.6 Å². The third-order valence-electron chi connectivity index (χ3n) is 2.53. The number of halogens is 2. The van der Waals surface area contributed by atoms with Crippen molar-refractivity contribution in [3.63, 3.8) is 0 Å². The number of anilines is 1. The molecule has 1 N–H and O–H groups in total. The molecule has 98 valence electrons. The van der Waals surface area contributed by atoms with E-state index < -0.39 is 5.82 Å². The van der Waals surface area contributed by atoms with E-state index in [1.165, 1.54) is 30.0 Å².